The fourth-order valence-electron chi connectivity index (χ4n) is 2.39. The Labute approximate surface area is 118 Å². The van der Waals surface area contributed by atoms with Gasteiger partial charge in [-0.05, 0) is 35.4 Å². The van der Waals surface area contributed by atoms with E-state index < -0.39 is 0 Å². The van der Waals surface area contributed by atoms with Crippen LogP contribution in [-0.4, -0.2) is 18.6 Å². The second-order valence-corrected chi connectivity index (χ2v) is 5.29. The Morgan fingerprint density at radius 3 is 2.84 bits per heavy atom. The Balaban J connectivity index is 1.67. The summed E-state index contributed by atoms with van der Waals surface area (Å²) in [7, 11) is 1.70. The Hall–Kier alpha value is -1.51. The van der Waals surface area contributed by atoms with E-state index in [9.17, 15) is 0 Å². The molecule has 98 valence electrons. The summed E-state index contributed by atoms with van der Waals surface area (Å²) in [6.45, 7) is 2.05. The van der Waals surface area contributed by atoms with Crippen molar-refractivity contribution in [2.24, 2.45) is 0 Å². The maximum absolute atomic E-state index is 6.03. The lowest BCUT2D eigenvalue weighted by atomic mass is 10.1. The number of hydrogen-bond acceptors (Lipinski definition) is 2. The van der Waals surface area contributed by atoms with Crippen LogP contribution >= 0.6 is 11.6 Å². The van der Waals surface area contributed by atoms with Gasteiger partial charge in [0.25, 0.3) is 0 Å². The zero-order chi connectivity index (χ0) is 13.2. The maximum atomic E-state index is 6.03. The SMILES string of the molecule is COc1cccc(CN2CC2c2cccc(Cl)c2)c1. The highest BCUT2D eigenvalue weighted by Gasteiger charge is 2.35. The summed E-state index contributed by atoms with van der Waals surface area (Å²) >= 11 is 6.03. The van der Waals surface area contributed by atoms with Crippen molar-refractivity contribution >= 4 is 11.6 Å². The number of halogens is 1. The first kappa shape index (κ1) is 12.5. The molecule has 1 heterocycles. The van der Waals surface area contributed by atoms with Gasteiger partial charge >= 0.3 is 0 Å². The maximum Gasteiger partial charge on any atom is 0.119 e. The van der Waals surface area contributed by atoms with Crippen LogP contribution in [0.3, 0.4) is 0 Å². The standard InChI is InChI=1S/C16H16ClNO/c1-19-15-7-2-4-12(8-15)10-18-11-16(18)13-5-3-6-14(17)9-13/h2-9,16H,10-11H2,1H3. The van der Waals surface area contributed by atoms with Crippen molar-refractivity contribution in [3.63, 3.8) is 0 Å². The van der Waals surface area contributed by atoms with Crippen LogP contribution in [0.4, 0.5) is 0 Å². The van der Waals surface area contributed by atoms with Gasteiger partial charge in [0.15, 0.2) is 0 Å². The Bertz CT molecular complexity index is 584. The van der Waals surface area contributed by atoms with Gasteiger partial charge in [0, 0.05) is 24.2 Å². The van der Waals surface area contributed by atoms with Gasteiger partial charge in [0.2, 0.25) is 0 Å². The molecule has 1 aliphatic rings. The second-order valence-electron chi connectivity index (χ2n) is 4.85. The van der Waals surface area contributed by atoms with Crippen molar-refractivity contribution in [3.05, 3.63) is 64.7 Å². The summed E-state index contributed by atoms with van der Waals surface area (Å²) in [6, 6.07) is 16.9. The molecule has 19 heavy (non-hydrogen) atoms. The Morgan fingerprint density at radius 2 is 2.05 bits per heavy atom. The van der Waals surface area contributed by atoms with Gasteiger partial charge in [-0.1, -0.05) is 35.9 Å². The van der Waals surface area contributed by atoms with Crippen molar-refractivity contribution in [3.8, 4) is 5.75 Å². The molecule has 0 N–H and O–H groups in total. The van der Waals surface area contributed by atoms with Crippen molar-refractivity contribution in [1.82, 2.24) is 4.90 Å². The summed E-state index contributed by atoms with van der Waals surface area (Å²) in [5.74, 6) is 0.915. The molecular formula is C16H16ClNO. The highest BCUT2D eigenvalue weighted by Crippen LogP contribution is 2.37. The van der Waals surface area contributed by atoms with E-state index in [-0.39, 0.29) is 0 Å². The van der Waals surface area contributed by atoms with Crippen LogP contribution in [0, 0.1) is 0 Å². The molecule has 1 fully saturated rings. The van der Waals surface area contributed by atoms with E-state index >= 15 is 0 Å². The lowest BCUT2D eigenvalue weighted by Gasteiger charge is -2.06. The average molecular weight is 274 g/mol. The van der Waals surface area contributed by atoms with E-state index in [4.69, 9.17) is 16.3 Å². The number of benzene rings is 2. The third-order valence-corrected chi connectivity index (χ3v) is 3.70. The Kier molecular flexibility index (Phi) is 3.45. The molecule has 3 rings (SSSR count). The molecule has 2 atom stereocenters. The molecule has 0 bridgehead atoms. The number of nitrogens with zero attached hydrogens (tertiary/aromatic N) is 1. The van der Waals surface area contributed by atoms with E-state index in [1.54, 1.807) is 7.11 Å². The first-order chi connectivity index (χ1) is 9.26. The zero-order valence-corrected chi connectivity index (χ0v) is 11.6. The lowest BCUT2D eigenvalue weighted by molar-refractivity contribution is 0.413. The predicted molar refractivity (Wildman–Crippen MR) is 77.6 cm³/mol. The first-order valence-corrected chi connectivity index (χ1v) is 6.76. The van der Waals surface area contributed by atoms with Gasteiger partial charge in [0.1, 0.15) is 5.75 Å². The van der Waals surface area contributed by atoms with E-state index in [1.807, 2.05) is 24.3 Å². The molecule has 2 aromatic rings. The van der Waals surface area contributed by atoms with Crippen molar-refractivity contribution in [1.29, 1.82) is 0 Å². The van der Waals surface area contributed by atoms with Gasteiger partial charge in [-0.3, -0.25) is 4.90 Å². The lowest BCUT2D eigenvalue weighted by Crippen LogP contribution is -1.99. The number of rotatable bonds is 4. The number of hydrogen-bond donors (Lipinski definition) is 0. The quantitative estimate of drug-likeness (QED) is 0.783. The Morgan fingerprint density at radius 1 is 1.21 bits per heavy atom. The van der Waals surface area contributed by atoms with E-state index in [1.165, 1.54) is 11.1 Å². The largest absolute Gasteiger partial charge is 0.497 e. The van der Waals surface area contributed by atoms with Crippen molar-refractivity contribution in [2.45, 2.75) is 12.6 Å². The summed E-state index contributed by atoms with van der Waals surface area (Å²) in [5, 5.41) is 0.811. The molecule has 3 heteroatoms. The molecule has 0 aliphatic carbocycles. The van der Waals surface area contributed by atoms with Gasteiger partial charge in [0.05, 0.1) is 7.11 Å². The average Bonchev–Trinajstić information content (AvgIpc) is 3.18. The topological polar surface area (TPSA) is 12.2 Å². The molecule has 0 aromatic heterocycles. The molecule has 0 amide bonds. The third kappa shape index (κ3) is 2.91. The fourth-order valence-corrected chi connectivity index (χ4v) is 2.58. The molecule has 1 saturated heterocycles. The summed E-state index contributed by atoms with van der Waals surface area (Å²) in [4.78, 5) is 2.42. The molecule has 1 aliphatic heterocycles. The monoisotopic (exact) mass is 273 g/mol. The zero-order valence-electron chi connectivity index (χ0n) is 10.8. The highest BCUT2D eigenvalue weighted by atomic mass is 35.5. The van der Waals surface area contributed by atoms with Gasteiger partial charge in [-0.25, -0.2) is 0 Å². The van der Waals surface area contributed by atoms with Crippen LogP contribution in [0.15, 0.2) is 48.5 Å². The number of methoxy groups -OCH3 is 1. The van der Waals surface area contributed by atoms with Crippen LogP contribution < -0.4 is 4.74 Å². The van der Waals surface area contributed by atoms with Gasteiger partial charge in [-0.2, -0.15) is 0 Å². The third-order valence-electron chi connectivity index (χ3n) is 3.47. The minimum absolute atomic E-state index is 0.505. The molecule has 0 saturated carbocycles. The summed E-state index contributed by atoms with van der Waals surface area (Å²) in [5.41, 5.74) is 2.58. The number of ether oxygens (including phenoxy) is 1. The van der Waals surface area contributed by atoms with Crippen LogP contribution in [0.25, 0.3) is 0 Å². The van der Waals surface area contributed by atoms with Crippen LogP contribution in [0.1, 0.15) is 17.2 Å². The smallest absolute Gasteiger partial charge is 0.119 e. The minimum Gasteiger partial charge on any atom is -0.497 e. The predicted octanol–water partition coefficient (Wildman–Crippen LogP) is 3.91. The molecular weight excluding hydrogens is 258 g/mol. The van der Waals surface area contributed by atoms with Gasteiger partial charge < -0.3 is 4.74 Å². The molecule has 0 radical (unpaired) electrons. The van der Waals surface area contributed by atoms with E-state index in [0.29, 0.717) is 6.04 Å². The highest BCUT2D eigenvalue weighted by molar-refractivity contribution is 6.30. The van der Waals surface area contributed by atoms with E-state index in [0.717, 1.165) is 23.9 Å². The first-order valence-electron chi connectivity index (χ1n) is 6.39. The minimum atomic E-state index is 0.505. The molecule has 2 aromatic carbocycles. The van der Waals surface area contributed by atoms with Crippen molar-refractivity contribution < 1.29 is 4.74 Å². The summed E-state index contributed by atoms with van der Waals surface area (Å²) < 4.78 is 5.25. The second kappa shape index (κ2) is 5.24. The van der Waals surface area contributed by atoms with Crippen molar-refractivity contribution in [2.75, 3.05) is 13.7 Å². The van der Waals surface area contributed by atoms with Crippen LogP contribution in [0.2, 0.25) is 5.02 Å². The summed E-state index contributed by atoms with van der Waals surface area (Å²) in [6.07, 6.45) is 0. The molecule has 2 nitrogen and oxygen atoms in total. The molecule has 0 spiro atoms. The van der Waals surface area contributed by atoms with Crippen LogP contribution in [-0.2, 0) is 6.54 Å². The van der Waals surface area contributed by atoms with E-state index in [2.05, 4.69) is 29.2 Å². The van der Waals surface area contributed by atoms with Crippen LogP contribution in [0.5, 0.6) is 5.75 Å². The molecule has 2 unspecified atom stereocenters. The fraction of sp³-hybridized carbons (Fsp3) is 0.250. The van der Waals surface area contributed by atoms with Gasteiger partial charge in [-0.15, -0.1) is 0 Å². The normalized spacial score (nSPS) is 21.2.